The first-order valence-corrected chi connectivity index (χ1v) is 11.2. The minimum atomic E-state index is 0.0528. The van der Waals surface area contributed by atoms with E-state index in [0.29, 0.717) is 5.92 Å². The monoisotopic (exact) mass is 403 g/mol. The molecule has 1 aliphatic rings. The molecule has 0 aromatic heterocycles. The normalized spacial score (nSPS) is 13.7. The Balaban J connectivity index is 1.39. The summed E-state index contributed by atoms with van der Waals surface area (Å²) in [5.74, 6) is 0.561. The highest BCUT2D eigenvalue weighted by atomic mass is 14.9. The fourth-order valence-electron chi connectivity index (χ4n) is 4.77. The van der Waals surface area contributed by atoms with Gasteiger partial charge < -0.3 is 5.32 Å². The van der Waals surface area contributed by atoms with Crippen LogP contribution in [0.4, 0.5) is 11.4 Å². The quantitative estimate of drug-likeness (QED) is 0.360. The molecule has 31 heavy (non-hydrogen) atoms. The van der Waals surface area contributed by atoms with Crippen molar-refractivity contribution in [3.63, 3.8) is 0 Å². The van der Waals surface area contributed by atoms with Gasteiger partial charge in [-0.15, -0.1) is 0 Å². The summed E-state index contributed by atoms with van der Waals surface area (Å²) in [6.45, 7) is 9.09. The van der Waals surface area contributed by atoms with Gasteiger partial charge in [-0.2, -0.15) is 0 Å². The highest BCUT2D eigenvalue weighted by Crippen LogP contribution is 2.49. The second kappa shape index (κ2) is 7.42. The predicted octanol–water partition coefficient (Wildman–Crippen LogP) is 8.53. The second-order valence-corrected chi connectivity index (χ2v) is 9.41. The first kappa shape index (κ1) is 19.6. The maximum absolute atomic E-state index is 3.59. The topological polar surface area (TPSA) is 12.0 Å². The standard InChI is InChI=1S/C30H29N/c1-20(2)21-9-11-22(12-10-21)23-13-15-24(16-14-23)31-25-17-18-29-27(19-25)26-7-5-6-8-28(26)30(29,3)4/h5-20,31H,1-4H3. The van der Waals surface area contributed by atoms with Crippen LogP contribution in [0.15, 0.2) is 91.0 Å². The zero-order chi connectivity index (χ0) is 21.6. The van der Waals surface area contributed by atoms with Crippen LogP contribution in [-0.2, 0) is 5.41 Å². The molecule has 0 spiro atoms. The van der Waals surface area contributed by atoms with E-state index in [4.69, 9.17) is 0 Å². The van der Waals surface area contributed by atoms with E-state index in [2.05, 4.69) is 124 Å². The van der Waals surface area contributed by atoms with E-state index < -0.39 is 0 Å². The lowest BCUT2D eigenvalue weighted by molar-refractivity contribution is 0.660. The second-order valence-electron chi connectivity index (χ2n) is 9.41. The van der Waals surface area contributed by atoms with Crippen molar-refractivity contribution in [1.29, 1.82) is 0 Å². The van der Waals surface area contributed by atoms with Gasteiger partial charge in [0.15, 0.2) is 0 Å². The number of hydrogen-bond acceptors (Lipinski definition) is 1. The highest BCUT2D eigenvalue weighted by molar-refractivity contribution is 5.83. The molecule has 0 radical (unpaired) electrons. The molecular formula is C30H29N. The molecule has 0 amide bonds. The lowest BCUT2D eigenvalue weighted by Gasteiger charge is -2.21. The van der Waals surface area contributed by atoms with E-state index in [-0.39, 0.29) is 5.41 Å². The summed E-state index contributed by atoms with van der Waals surface area (Å²) in [5, 5.41) is 3.59. The molecule has 1 aliphatic carbocycles. The van der Waals surface area contributed by atoms with Crippen molar-refractivity contribution < 1.29 is 0 Å². The Morgan fingerprint density at radius 3 is 1.87 bits per heavy atom. The third-order valence-electron chi connectivity index (χ3n) is 6.67. The fourth-order valence-corrected chi connectivity index (χ4v) is 4.77. The first-order chi connectivity index (χ1) is 14.9. The van der Waals surface area contributed by atoms with Crippen LogP contribution in [0.3, 0.4) is 0 Å². The maximum Gasteiger partial charge on any atom is 0.0390 e. The van der Waals surface area contributed by atoms with Crippen LogP contribution in [0.2, 0.25) is 0 Å². The van der Waals surface area contributed by atoms with E-state index in [0.717, 1.165) is 11.4 Å². The molecule has 0 atom stereocenters. The molecular weight excluding hydrogens is 374 g/mol. The van der Waals surface area contributed by atoms with Gasteiger partial charge in [0, 0.05) is 16.8 Å². The minimum Gasteiger partial charge on any atom is -0.356 e. The summed E-state index contributed by atoms with van der Waals surface area (Å²) in [7, 11) is 0. The van der Waals surface area contributed by atoms with E-state index in [1.54, 1.807) is 0 Å². The Kier molecular flexibility index (Phi) is 4.70. The van der Waals surface area contributed by atoms with Crippen molar-refractivity contribution in [3.8, 4) is 22.3 Å². The van der Waals surface area contributed by atoms with Crippen LogP contribution in [0, 0.1) is 0 Å². The summed E-state index contributed by atoms with van der Waals surface area (Å²) in [6, 6.07) is 33.2. The zero-order valence-corrected chi connectivity index (χ0v) is 18.7. The van der Waals surface area contributed by atoms with Crippen molar-refractivity contribution in [2.75, 3.05) is 5.32 Å². The Bertz CT molecular complexity index is 1230. The smallest absolute Gasteiger partial charge is 0.0390 e. The van der Waals surface area contributed by atoms with Crippen LogP contribution in [-0.4, -0.2) is 0 Å². The minimum absolute atomic E-state index is 0.0528. The van der Waals surface area contributed by atoms with Crippen molar-refractivity contribution in [2.45, 2.75) is 39.0 Å². The molecule has 1 nitrogen and oxygen atoms in total. The lowest BCUT2D eigenvalue weighted by Crippen LogP contribution is -2.14. The van der Waals surface area contributed by atoms with Gasteiger partial charge in [-0.1, -0.05) is 94.4 Å². The van der Waals surface area contributed by atoms with Crippen LogP contribution in [0.1, 0.15) is 50.3 Å². The highest BCUT2D eigenvalue weighted by Gasteiger charge is 2.34. The Labute approximate surface area is 185 Å². The summed E-state index contributed by atoms with van der Waals surface area (Å²) >= 11 is 0. The Morgan fingerprint density at radius 2 is 1.19 bits per heavy atom. The number of nitrogens with one attached hydrogen (secondary N) is 1. The maximum atomic E-state index is 3.59. The SMILES string of the molecule is CC(C)c1ccc(-c2ccc(Nc3ccc4c(c3)-c3ccccc3C4(C)C)cc2)cc1. The number of hydrogen-bond donors (Lipinski definition) is 1. The van der Waals surface area contributed by atoms with E-state index in [1.165, 1.54) is 38.9 Å². The molecule has 0 saturated heterocycles. The molecule has 0 bridgehead atoms. The van der Waals surface area contributed by atoms with Crippen molar-refractivity contribution in [1.82, 2.24) is 0 Å². The molecule has 0 heterocycles. The van der Waals surface area contributed by atoms with Crippen molar-refractivity contribution >= 4 is 11.4 Å². The number of fused-ring (bicyclic) bond motifs is 3. The number of anilines is 2. The average molecular weight is 404 g/mol. The Morgan fingerprint density at radius 1 is 0.613 bits per heavy atom. The summed E-state index contributed by atoms with van der Waals surface area (Å²) in [6.07, 6.45) is 0. The molecule has 0 fully saturated rings. The van der Waals surface area contributed by atoms with Crippen LogP contribution >= 0.6 is 0 Å². The van der Waals surface area contributed by atoms with Gasteiger partial charge in [-0.3, -0.25) is 0 Å². The van der Waals surface area contributed by atoms with Crippen LogP contribution in [0.5, 0.6) is 0 Å². The molecule has 4 aromatic carbocycles. The fraction of sp³-hybridized carbons (Fsp3) is 0.200. The largest absolute Gasteiger partial charge is 0.356 e. The number of benzene rings is 4. The van der Waals surface area contributed by atoms with Crippen molar-refractivity contribution in [2.24, 2.45) is 0 Å². The molecule has 0 unspecified atom stereocenters. The van der Waals surface area contributed by atoms with Gasteiger partial charge in [-0.25, -0.2) is 0 Å². The van der Waals surface area contributed by atoms with E-state index in [9.17, 15) is 0 Å². The van der Waals surface area contributed by atoms with Gasteiger partial charge in [0.05, 0.1) is 0 Å². The van der Waals surface area contributed by atoms with Gasteiger partial charge in [-0.05, 0) is 69.1 Å². The van der Waals surface area contributed by atoms with Gasteiger partial charge >= 0.3 is 0 Å². The molecule has 0 saturated carbocycles. The van der Waals surface area contributed by atoms with Crippen LogP contribution < -0.4 is 5.32 Å². The van der Waals surface area contributed by atoms with Gasteiger partial charge in [0.2, 0.25) is 0 Å². The molecule has 1 heteroatoms. The number of rotatable bonds is 4. The third-order valence-corrected chi connectivity index (χ3v) is 6.67. The molecule has 154 valence electrons. The third kappa shape index (κ3) is 3.45. The van der Waals surface area contributed by atoms with Gasteiger partial charge in [0.25, 0.3) is 0 Å². The summed E-state index contributed by atoms with van der Waals surface area (Å²) < 4.78 is 0. The summed E-state index contributed by atoms with van der Waals surface area (Å²) in [4.78, 5) is 0. The average Bonchev–Trinajstić information content (AvgIpc) is 3.01. The molecule has 1 N–H and O–H groups in total. The molecule has 5 rings (SSSR count). The van der Waals surface area contributed by atoms with E-state index in [1.807, 2.05) is 0 Å². The molecule has 0 aliphatic heterocycles. The first-order valence-electron chi connectivity index (χ1n) is 11.2. The summed E-state index contributed by atoms with van der Waals surface area (Å²) in [5.41, 5.74) is 11.7. The van der Waals surface area contributed by atoms with E-state index >= 15 is 0 Å². The zero-order valence-electron chi connectivity index (χ0n) is 18.7. The van der Waals surface area contributed by atoms with Crippen molar-refractivity contribution in [3.05, 3.63) is 108 Å². The lowest BCUT2D eigenvalue weighted by atomic mass is 9.82. The predicted molar refractivity (Wildman–Crippen MR) is 133 cm³/mol. The Hall–Kier alpha value is -3.32. The van der Waals surface area contributed by atoms with Gasteiger partial charge in [0.1, 0.15) is 0 Å². The van der Waals surface area contributed by atoms with Crippen LogP contribution in [0.25, 0.3) is 22.3 Å². The molecule has 4 aromatic rings.